The standard InChI is InChI=1S/C16H22N4O.2ClH/c17-9-4-2-1-3-8-15(21)20-14-7-5-6-13(12-14)16-18-10-11-19-16;;/h5-7,10-12H,1-4,8-9,17H2,(H,18,19)(H,20,21);2*1H. The van der Waals surface area contributed by atoms with E-state index in [1.54, 1.807) is 12.4 Å². The van der Waals surface area contributed by atoms with Gasteiger partial charge in [-0.15, -0.1) is 24.8 Å². The molecule has 0 fully saturated rings. The Bertz CT molecular complexity index is 561. The van der Waals surface area contributed by atoms with Crippen molar-refractivity contribution in [2.75, 3.05) is 11.9 Å². The van der Waals surface area contributed by atoms with Gasteiger partial charge in [-0.2, -0.15) is 0 Å². The van der Waals surface area contributed by atoms with Gasteiger partial charge in [-0.1, -0.05) is 25.0 Å². The molecule has 0 aliphatic heterocycles. The molecule has 23 heavy (non-hydrogen) atoms. The number of nitrogens with zero attached hydrogens (tertiary/aromatic N) is 1. The Morgan fingerprint density at radius 3 is 2.65 bits per heavy atom. The summed E-state index contributed by atoms with van der Waals surface area (Å²) in [5.41, 5.74) is 7.20. The number of nitrogens with one attached hydrogen (secondary N) is 2. The number of halogens is 2. The number of nitrogens with two attached hydrogens (primary N) is 1. The van der Waals surface area contributed by atoms with Gasteiger partial charge in [0.2, 0.25) is 5.91 Å². The number of hydrogen-bond donors (Lipinski definition) is 3. The summed E-state index contributed by atoms with van der Waals surface area (Å²) in [4.78, 5) is 19.1. The molecule has 0 spiro atoms. The first-order chi connectivity index (χ1) is 10.3. The number of aromatic amines is 1. The van der Waals surface area contributed by atoms with E-state index in [1.165, 1.54) is 0 Å². The summed E-state index contributed by atoms with van der Waals surface area (Å²) in [6.07, 6.45) is 8.13. The molecule has 0 aliphatic carbocycles. The van der Waals surface area contributed by atoms with Crippen molar-refractivity contribution in [2.24, 2.45) is 5.73 Å². The lowest BCUT2D eigenvalue weighted by Crippen LogP contribution is -2.11. The van der Waals surface area contributed by atoms with Crippen LogP contribution in [0.25, 0.3) is 11.4 Å². The van der Waals surface area contributed by atoms with E-state index < -0.39 is 0 Å². The van der Waals surface area contributed by atoms with Crippen molar-refractivity contribution in [3.63, 3.8) is 0 Å². The first-order valence-electron chi connectivity index (χ1n) is 7.39. The van der Waals surface area contributed by atoms with Crippen molar-refractivity contribution in [2.45, 2.75) is 32.1 Å². The SMILES string of the molecule is Cl.Cl.NCCCCCCC(=O)Nc1cccc(-c2ncc[nH]2)c1. The Labute approximate surface area is 149 Å². The lowest BCUT2D eigenvalue weighted by molar-refractivity contribution is -0.116. The number of anilines is 1. The second-order valence-corrected chi connectivity index (χ2v) is 5.02. The molecular formula is C16H24Cl2N4O. The number of unbranched alkanes of at least 4 members (excludes halogenated alkanes) is 3. The molecule has 0 unspecified atom stereocenters. The van der Waals surface area contributed by atoms with Crippen molar-refractivity contribution in [1.29, 1.82) is 0 Å². The minimum absolute atomic E-state index is 0. The number of rotatable bonds is 8. The van der Waals surface area contributed by atoms with Crippen LogP contribution in [0.5, 0.6) is 0 Å². The summed E-state index contributed by atoms with van der Waals surface area (Å²) >= 11 is 0. The third-order valence-corrected chi connectivity index (χ3v) is 3.28. The number of benzene rings is 1. The molecule has 0 atom stereocenters. The van der Waals surface area contributed by atoms with E-state index in [0.717, 1.165) is 49.3 Å². The summed E-state index contributed by atoms with van der Waals surface area (Å²) in [5, 5.41) is 2.93. The first-order valence-corrected chi connectivity index (χ1v) is 7.39. The van der Waals surface area contributed by atoms with Gasteiger partial charge < -0.3 is 16.0 Å². The molecule has 0 radical (unpaired) electrons. The largest absolute Gasteiger partial charge is 0.345 e. The zero-order chi connectivity index (χ0) is 14.9. The van der Waals surface area contributed by atoms with Crippen LogP contribution in [-0.4, -0.2) is 22.4 Å². The third-order valence-electron chi connectivity index (χ3n) is 3.28. The number of hydrogen-bond acceptors (Lipinski definition) is 3. The van der Waals surface area contributed by atoms with E-state index in [4.69, 9.17) is 5.73 Å². The van der Waals surface area contributed by atoms with Gasteiger partial charge in [0.15, 0.2) is 0 Å². The van der Waals surface area contributed by atoms with Gasteiger partial charge in [0, 0.05) is 30.1 Å². The molecule has 1 amide bonds. The van der Waals surface area contributed by atoms with Crippen LogP contribution in [0.15, 0.2) is 36.7 Å². The Morgan fingerprint density at radius 2 is 1.96 bits per heavy atom. The van der Waals surface area contributed by atoms with Crippen molar-refractivity contribution >= 4 is 36.4 Å². The third kappa shape index (κ3) is 7.50. The lowest BCUT2D eigenvalue weighted by Gasteiger charge is -2.06. The van der Waals surface area contributed by atoms with Gasteiger partial charge in [-0.05, 0) is 31.5 Å². The average molecular weight is 359 g/mol. The van der Waals surface area contributed by atoms with E-state index in [-0.39, 0.29) is 30.7 Å². The van der Waals surface area contributed by atoms with Crippen LogP contribution in [0, 0.1) is 0 Å². The van der Waals surface area contributed by atoms with Crippen LogP contribution in [0.4, 0.5) is 5.69 Å². The van der Waals surface area contributed by atoms with Crippen LogP contribution in [-0.2, 0) is 4.79 Å². The van der Waals surface area contributed by atoms with E-state index >= 15 is 0 Å². The van der Waals surface area contributed by atoms with Gasteiger partial charge in [-0.3, -0.25) is 4.79 Å². The summed E-state index contributed by atoms with van der Waals surface area (Å²) in [7, 11) is 0. The molecule has 2 rings (SSSR count). The van der Waals surface area contributed by atoms with E-state index in [9.17, 15) is 4.79 Å². The van der Waals surface area contributed by atoms with Crippen LogP contribution < -0.4 is 11.1 Å². The Kier molecular flexibility index (Phi) is 11.1. The molecule has 4 N–H and O–H groups in total. The molecule has 1 aromatic heterocycles. The highest BCUT2D eigenvalue weighted by Gasteiger charge is 2.05. The Morgan fingerprint density at radius 1 is 1.17 bits per heavy atom. The van der Waals surface area contributed by atoms with Crippen molar-refractivity contribution < 1.29 is 4.79 Å². The molecule has 7 heteroatoms. The normalized spacial score (nSPS) is 9.61. The molecule has 5 nitrogen and oxygen atoms in total. The van der Waals surface area contributed by atoms with Gasteiger partial charge in [0.1, 0.15) is 5.82 Å². The highest BCUT2D eigenvalue weighted by atomic mass is 35.5. The van der Waals surface area contributed by atoms with Gasteiger partial charge in [0.05, 0.1) is 0 Å². The maximum Gasteiger partial charge on any atom is 0.224 e. The summed E-state index contributed by atoms with van der Waals surface area (Å²) in [6.45, 7) is 0.728. The van der Waals surface area contributed by atoms with Crippen LogP contribution in [0.3, 0.4) is 0 Å². The van der Waals surface area contributed by atoms with Crippen LogP contribution in [0.2, 0.25) is 0 Å². The number of carbonyl (C=O) groups excluding carboxylic acids is 1. The van der Waals surface area contributed by atoms with E-state index in [2.05, 4.69) is 15.3 Å². The highest BCUT2D eigenvalue weighted by Crippen LogP contribution is 2.19. The predicted molar refractivity (Wildman–Crippen MR) is 99.3 cm³/mol. The quantitative estimate of drug-likeness (QED) is 0.628. The summed E-state index contributed by atoms with van der Waals surface area (Å²) in [5.74, 6) is 0.854. The Balaban J connectivity index is 0.00000242. The second kappa shape index (κ2) is 11.9. The average Bonchev–Trinajstić information content (AvgIpc) is 3.01. The molecule has 0 bridgehead atoms. The van der Waals surface area contributed by atoms with Gasteiger partial charge >= 0.3 is 0 Å². The molecule has 128 valence electrons. The smallest absolute Gasteiger partial charge is 0.224 e. The number of amides is 1. The first kappa shape index (κ1) is 21.4. The minimum Gasteiger partial charge on any atom is -0.345 e. The second-order valence-electron chi connectivity index (χ2n) is 5.02. The zero-order valence-corrected chi connectivity index (χ0v) is 14.6. The number of aromatic nitrogens is 2. The lowest BCUT2D eigenvalue weighted by atomic mass is 10.1. The maximum absolute atomic E-state index is 11.9. The van der Waals surface area contributed by atoms with Crippen LogP contribution in [0.1, 0.15) is 32.1 Å². The molecule has 2 aromatic rings. The summed E-state index contributed by atoms with van der Waals surface area (Å²) < 4.78 is 0. The van der Waals surface area contributed by atoms with Crippen molar-refractivity contribution in [1.82, 2.24) is 9.97 Å². The fourth-order valence-electron chi connectivity index (χ4n) is 2.17. The highest BCUT2D eigenvalue weighted by molar-refractivity contribution is 5.91. The van der Waals surface area contributed by atoms with Crippen molar-refractivity contribution in [3.8, 4) is 11.4 Å². The van der Waals surface area contributed by atoms with E-state index in [0.29, 0.717) is 6.42 Å². The molecule has 1 heterocycles. The molecule has 0 aliphatic rings. The number of imidazole rings is 1. The molecular weight excluding hydrogens is 335 g/mol. The van der Waals surface area contributed by atoms with Gasteiger partial charge in [-0.25, -0.2) is 4.98 Å². The fraction of sp³-hybridized carbons (Fsp3) is 0.375. The Hall–Kier alpha value is -1.56. The number of H-pyrrole nitrogens is 1. The minimum atomic E-state index is 0. The number of carbonyl (C=O) groups is 1. The molecule has 0 saturated heterocycles. The van der Waals surface area contributed by atoms with Crippen molar-refractivity contribution in [3.05, 3.63) is 36.7 Å². The van der Waals surface area contributed by atoms with Crippen LogP contribution >= 0.6 is 24.8 Å². The fourth-order valence-corrected chi connectivity index (χ4v) is 2.17. The predicted octanol–water partition coefficient (Wildman–Crippen LogP) is 3.77. The topological polar surface area (TPSA) is 83.8 Å². The van der Waals surface area contributed by atoms with E-state index in [1.807, 2.05) is 24.3 Å². The molecule has 1 aromatic carbocycles. The summed E-state index contributed by atoms with van der Waals surface area (Å²) in [6, 6.07) is 7.68. The molecule has 0 saturated carbocycles. The maximum atomic E-state index is 11.9. The van der Waals surface area contributed by atoms with Gasteiger partial charge in [0.25, 0.3) is 0 Å². The monoisotopic (exact) mass is 358 g/mol. The zero-order valence-electron chi connectivity index (χ0n) is 13.0.